The summed E-state index contributed by atoms with van der Waals surface area (Å²) in [5, 5.41) is 7.36. The summed E-state index contributed by atoms with van der Waals surface area (Å²) < 4.78 is 0. The molecule has 1 saturated heterocycles. The Kier molecular flexibility index (Phi) is 6.46. The van der Waals surface area contributed by atoms with Gasteiger partial charge in [0.25, 0.3) is 0 Å². The Morgan fingerprint density at radius 3 is 2.68 bits per heavy atom. The van der Waals surface area contributed by atoms with Gasteiger partial charge in [-0.05, 0) is 38.3 Å². The minimum Gasteiger partial charge on any atom is -0.354 e. The topological polar surface area (TPSA) is 52.6 Å². The highest BCUT2D eigenvalue weighted by Crippen LogP contribution is 2.12. The lowest BCUT2D eigenvalue weighted by Crippen LogP contribution is -2.49. The van der Waals surface area contributed by atoms with Crippen LogP contribution in [0.15, 0.2) is 23.3 Å². The maximum atomic E-state index is 5.79. The molecule has 1 fully saturated rings. The number of aliphatic imine (C=N–C) groups is 1. The van der Waals surface area contributed by atoms with Crippen molar-refractivity contribution in [3.63, 3.8) is 0 Å². The van der Waals surface area contributed by atoms with Crippen molar-refractivity contribution in [2.75, 3.05) is 20.1 Å². The predicted molar refractivity (Wildman–Crippen MR) is 92.3 cm³/mol. The van der Waals surface area contributed by atoms with E-state index in [4.69, 9.17) is 11.6 Å². The first-order valence-corrected chi connectivity index (χ1v) is 8.28. The molecular formula is C16H26ClN5. The Morgan fingerprint density at radius 2 is 2.14 bits per heavy atom. The number of nitrogens with zero attached hydrogens (tertiary/aromatic N) is 3. The molecule has 0 amide bonds. The Hall–Kier alpha value is -1.33. The molecule has 0 aliphatic carbocycles. The minimum absolute atomic E-state index is 0.490. The van der Waals surface area contributed by atoms with Crippen molar-refractivity contribution < 1.29 is 0 Å². The second-order valence-electron chi connectivity index (χ2n) is 5.96. The molecule has 1 aliphatic heterocycles. The Labute approximate surface area is 138 Å². The molecule has 0 bridgehead atoms. The number of pyridine rings is 1. The van der Waals surface area contributed by atoms with Gasteiger partial charge >= 0.3 is 0 Å². The molecule has 5 nitrogen and oxygen atoms in total. The lowest BCUT2D eigenvalue weighted by Gasteiger charge is -2.35. The summed E-state index contributed by atoms with van der Waals surface area (Å²) >= 11 is 5.79. The van der Waals surface area contributed by atoms with E-state index in [2.05, 4.69) is 39.4 Å². The molecule has 1 aromatic heterocycles. The molecule has 0 radical (unpaired) electrons. The molecule has 122 valence electrons. The van der Waals surface area contributed by atoms with Crippen molar-refractivity contribution in [3.05, 3.63) is 29.0 Å². The summed E-state index contributed by atoms with van der Waals surface area (Å²) in [5.74, 6) is 0.845. The number of guanidine groups is 1. The molecule has 2 heterocycles. The van der Waals surface area contributed by atoms with Crippen molar-refractivity contribution >= 4 is 17.6 Å². The van der Waals surface area contributed by atoms with Crippen LogP contribution in [0.5, 0.6) is 0 Å². The van der Waals surface area contributed by atoms with E-state index in [1.807, 2.05) is 6.07 Å². The van der Waals surface area contributed by atoms with E-state index in [1.54, 1.807) is 19.3 Å². The summed E-state index contributed by atoms with van der Waals surface area (Å²) in [6.07, 6.45) is 4.09. The average molecular weight is 324 g/mol. The van der Waals surface area contributed by atoms with E-state index in [0.717, 1.165) is 37.5 Å². The molecule has 0 saturated carbocycles. The first-order chi connectivity index (χ1) is 10.6. The van der Waals surface area contributed by atoms with Crippen LogP contribution < -0.4 is 10.6 Å². The molecular weight excluding hydrogens is 298 g/mol. The zero-order valence-electron chi connectivity index (χ0n) is 13.6. The van der Waals surface area contributed by atoms with Crippen LogP contribution in [0.2, 0.25) is 5.15 Å². The number of hydrogen-bond donors (Lipinski definition) is 2. The third-order valence-electron chi connectivity index (χ3n) is 4.07. The predicted octanol–water partition coefficient (Wildman–Crippen LogP) is 2.27. The quantitative estimate of drug-likeness (QED) is 0.507. The number of nitrogens with one attached hydrogen (secondary N) is 2. The third-order valence-corrected chi connectivity index (χ3v) is 4.30. The number of aromatic nitrogens is 1. The van der Waals surface area contributed by atoms with E-state index < -0.39 is 0 Å². The SMILES string of the molecule is CN=C(NCc1ccc(Cl)nc1)NC1CCN(C(C)C)CC1. The number of likely N-dealkylation sites (tertiary alicyclic amines) is 1. The second-order valence-corrected chi connectivity index (χ2v) is 6.35. The average Bonchev–Trinajstić information content (AvgIpc) is 2.53. The van der Waals surface area contributed by atoms with Crippen LogP contribution in [0.3, 0.4) is 0 Å². The standard InChI is InChI=1S/C16H26ClN5/c1-12(2)22-8-6-14(7-9-22)21-16(18-3)20-11-13-4-5-15(17)19-10-13/h4-5,10,12,14H,6-9,11H2,1-3H3,(H2,18,20,21). The molecule has 2 rings (SSSR count). The molecule has 0 aromatic carbocycles. The number of piperidine rings is 1. The van der Waals surface area contributed by atoms with E-state index >= 15 is 0 Å². The van der Waals surface area contributed by atoms with Crippen LogP contribution >= 0.6 is 11.6 Å². The molecule has 6 heteroatoms. The Morgan fingerprint density at radius 1 is 1.41 bits per heavy atom. The van der Waals surface area contributed by atoms with Crippen LogP contribution in [-0.2, 0) is 6.54 Å². The van der Waals surface area contributed by atoms with Crippen molar-refractivity contribution in [2.45, 2.75) is 45.3 Å². The van der Waals surface area contributed by atoms with E-state index in [1.165, 1.54) is 0 Å². The number of halogens is 1. The van der Waals surface area contributed by atoms with E-state index in [9.17, 15) is 0 Å². The highest BCUT2D eigenvalue weighted by atomic mass is 35.5. The van der Waals surface area contributed by atoms with Crippen LogP contribution in [0.25, 0.3) is 0 Å². The fourth-order valence-corrected chi connectivity index (χ4v) is 2.76. The molecule has 1 aromatic rings. The molecule has 2 N–H and O–H groups in total. The largest absolute Gasteiger partial charge is 0.354 e. The van der Waals surface area contributed by atoms with Crippen molar-refractivity contribution in [2.24, 2.45) is 4.99 Å². The first kappa shape index (κ1) is 17.0. The van der Waals surface area contributed by atoms with Crippen molar-refractivity contribution in [1.82, 2.24) is 20.5 Å². The maximum Gasteiger partial charge on any atom is 0.191 e. The number of rotatable bonds is 4. The number of hydrogen-bond acceptors (Lipinski definition) is 3. The highest BCUT2D eigenvalue weighted by Gasteiger charge is 2.21. The van der Waals surface area contributed by atoms with Gasteiger partial charge in [0.05, 0.1) is 0 Å². The highest BCUT2D eigenvalue weighted by molar-refractivity contribution is 6.29. The maximum absolute atomic E-state index is 5.79. The molecule has 1 aliphatic rings. The summed E-state index contributed by atoms with van der Waals surface area (Å²) in [7, 11) is 1.80. The van der Waals surface area contributed by atoms with Crippen LogP contribution in [-0.4, -0.2) is 48.1 Å². The fourth-order valence-electron chi connectivity index (χ4n) is 2.64. The van der Waals surface area contributed by atoms with Crippen LogP contribution in [0.4, 0.5) is 0 Å². The van der Waals surface area contributed by atoms with Gasteiger partial charge in [-0.2, -0.15) is 0 Å². The lowest BCUT2D eigenvalue weighted by molar-refractivity contribution is 0.167. The van der Waals surface area contributed by atoms with Gasteiger partial charge in [-0.15, -0.1) is 0 Å². The van der Waals surface area contributed by atoms with Crippen molar-refractivity contribution in [1.29, 1.82) is 0 Å². The third kappa shape index (κ3) is 5.14. The van der Waals surface area contributed by atoms with Gasteiger partial charge < -0.3 is 15.5 Å². The molecule has 0 spiro atoms. The smallest absolute Gasteiger partial charge is 0.191 e. The minimum atomic E-state index is 0.490. The Balaban J connectivity index is 1.77. The van der Waals surface area contributed by atoms with E-state index in [0.29, 0.717) is 23.8 Å². The second kappa shape index (κ2) is 8.34. The van der Waals surface area contributed by atoms with Gasteiger partial charge in [-0.25, -0.2) is 4.98 Å². The van der Waals surface area contributed by atoms with Crippen LogP contribution in [0.1, 0.15) is 32.3 Å². The van der Waals surface area contributed by atoms with Crippen molar-refractivity contribution in [3.8, 4) is 0 Å². The van der Waals surface area contributed by atoms with Gasteiger partial charge in [-0.1, -0.05) is 17.7 Å². The van der Waals surface area contributed by atoms with Gasteiger partial charge in [-0.3, -0.25) is 4.99 Å². The molecule has 22 heavy (non-hydrogen) atoms. The van der Waals surface area contributed by atoms with E-state index in [-0.39, 0.29) is 0 Å². The zero-order valence-corrected chi connectivity index (χ0v) is 14.4. The normalized spacial score (nSPS) is 17.8. The zero-order chi connectivity index (χ0) is 15.9. The van der Waals surface area contributed by atoms with Gasteiger partial charge in [0.1, 0.15) is 5.15 Å². The Bertz CT molecular complexity index is 478. The summed E-state index contributed by atoms with van der Waals surface area (Å²) in [5.41, 5.74) is 1.09. The summed E-state index contributed by atoms with van der Waals surface area (Å²) in [4.78, 5) is 10.9. The van der Waals surface area contributed by atoms with Gasteiger partial charge in [0, 0.05) is 45.0 Å². The molecule has 0 atom stereocenters. The summed E-state index contributed by atoms with van der Waals surface area (Å²) in [6.45, 7) is 7.50. The lowest BCUT2D eigenvalue weighted by atomic mass is 10.0. The monoisotopic (exact) mass is 323 g/mol. The molecule has 0 unspecified atom stereocenters. The van der Waals surface area contributed by atoms with Crippen LogP contribution in [0, 0.1) is 0 Å². The van der Waals surface area contributed by atoms with Gasteiger partial charge in [0.15, 0.2) is 5.96 Å². The summed E-state index contributed by atoms with van der Waals surface area (Å²) in [6, 6.07) is 4.90. The van der Waals surface area contributed by atoms with Gasteiger partial charge in [0.2, 0.25) is 0 Å². The first-order valence-electron chi connectivity index (χ1n) is 7.90. The fraction of sp³-hybridized carbons (Fsp3) is 0.625.